The van der Waals surface area contributed by atoms with Crippen molar-refractivity contribution in [2.24, 2.45) is 11.5 Å². The zero-order chi connectivity index (χ0) is 23.0. The third-order valence-electron chi connectivity index (χ3n) is 5.55. The van der Waals surface area contributed by atoms with E-state index in [1.54, 1.807) is 13.8 Å². The van der Waals surface area contributed by atoms with E-state index in [9.17, 15) is 9.90 Å². The van der Waals surface area contributed by atoms with Gasteiger partial charge in [-0.05, 0) is 55.4 Å². The normalized spacial score (nSPS) is 17.5. The van der Waals surface area contributed by atoms with E-state index in [1.165, 1.54) is 6.20 Å². The van der Waals surface area contributed by atoms with Crippen LogP contribution < -0.4 is 21.7 Å². The maximum Gasteiger partial charge on any atom is 0.254 e. The van der Waals surface area contributed by atoms with Gasteiger partial charge < -0.3 is 26.8 Å². The SMILES string of the molecule is CC(C)(C)c1cc(Nc2nc(N3CCC[C@H](N)C3)ncc2C(N)=O)cc(C(C)(C)O)c1. The number of anilines is 3. The number of aromatic nitrogens is 2. The van der Waals surface area contributed by atoms with Crippen molar-refractivity contribution in [2.45, 2.75) is 64.5 Å². The van der Waals surface area contributed by atoms with Crippen molar-refractivity contribution in [3.05, 3.63) is 41.1 Å². The van der Waals surface area contributed by atoms with Crippen molar-refractivity contribution in [1.82, 2.24) is 9.97 Å². The highest BCUT2D eigenvalue weighted by Crippen LogP contribution is 2.32. The summed E-state index contributed by atoms with van der Waals surface area (Å²) in [5.74, 6) is 0.237. The zero-order valence-corrected chi connectivity index (χ0v) is 19.1. The fourth-order valence-electron chi connectivity index (χ4n) is 3.61. The molecule has 0 aliphatic carbocycles. The summed E-state index contributed by atoms with van der Waals surface area (Å²) >= 11 is 0. The molecule has 8 heteroatoms. The molecule has 1 aliphatic rings. The van der Waals surface area contributed by atoms with Gasteiger partial charge in [0.2, 0.25) is 5.95 Å². The summed E-state index contributed by atoms with van der Waals surface area (Å²) in [4.78, 5) is 23.0. The largest absolute Gasteiger partial charge is 0.386 e. The molecule has 2 aromatic rings. The Kier molecular flexibility index (Phi) is 6.25. The first-order valence-corrected chi connectivity index (χ1v) is 10.7. The first-order valence-electron chi connectivity index (χ1n) is 10.7. The van der Waals surface area contributed by atoms with E-state index < -0.39 is 11.5 Å². The molecule has 2 heterocycles. The van der Waals surface area contributed by atoms with E-state index in [0.717, 1.165) is 30.5 Å². The molecular formula is C23H34N6O2. The lowest BCUT2D eigenvalue weighted by atomic mass is 9.83. The predicted octanol–water partition coefficient (Wildman–Crippen LogP) is 2.77. The minimum Gasteiger partial charge on any atom is -0.386 e. The van der Waals surface area contributed by atoms with Gasteiger partial charge in [-0.2, -0.15) is 4.98 Å². The molecule has 31 heavy (non-hydrogen) atoms. The molecule has 1 fully saturated rings. The Morgan fingerprint density at radius 3 is 2.45 bits per heavy atom. The van der Waals surface area contributed by atoms with Crippen LogP contribution >= 0.6 is 0 Å². The topological polar surface area (TPSA) is 130 Å². The molecule has 0 bridgehead atoms. The first kappa shape index (κ1) is 23.0. The Morgan fingerprint density at radius 2 is 1.87 bits per heavy atom. The Labute approximate surface area is 184 Å². The number of piperidine rings is 1. The fraction of sp³-hybridized carbons (Fsp3) is 0.522. The Hall–Kier alpha value is -2.71. The van der Waals surface area contributed by atoms with Crippen LogP contribution in [0.15, 0.2) is 24.4 Å². The van der Waals surface area contributed by atoms with Crippen molar-refractivity contribution in [3.63, 3.8) is 0 Å². The van der Waals surface area contributed by atoms with Gasteiger partial charge in [-0.1, -0.05) is 26.8 Å². The van der Waals surface area contributed by atoms with Crippen molar-refractivity contribution in [1.29, 1.82) is 0 Å². The van der Waals surface area contributed by atoms with E-state index in [1.807, 2.05) is 23.1 Å². The smallest absolute Gasteiger partial charge is 0.254 e. The molecule has 0 unspecified atom stereocenters. The van der Waals surface area contributed by atoms with Gasteiger partial charge in [0.05, 0.1) is 5.60 Å². The first-order chi connectivity index (χ1) is 14.3. The number of nitrogens with one attached hydrogen (secondary N) is 1. The van der Waals surface area contributed by atoms with Crippen LogP contribution in [0.4, 0.5) is 17.5 Å². The number of hydrogen-bond acceptors (Lipinski definition) is 7. The van der Waals surface area contributed by atoms with Crippen LogP contribution in [0.5, 0.6) is 0 Å². The van der Waals surface area contributed by atoms with Gasteiger partial charge in [0, 0.05) is 31.0 Å². The quantitative estimate of drug-likeness (QED) is 0.578. The number of amides is 1. The molecule has 8 nitrogen and oxygen atoms in total. The van der Waals surface area contributed by atoms with Gasteiger partial charge in [0.1, 0.15) is 11.4 Å². The molecule has 1 saturated heterocycles. The van der Waals surface area contributed by atoms with E-state index in [2.05, 4.69) is 36.1 Å². The second kappa shape index (κ2) is 8.43. The average molecular weight is 427 g/mol. The molecule has 1 aromatic heterocycles. The number of aliphatic hydroxyl groups is 1. The van der Waals surface area contributed by atoms with Gasteiger partial charge in [0.15, 0.2) is 0 Å². The third-order valence-corrected chi connectivity index (χ3v) is 5.55. The summed E-state index contributed by atoms with van der Waals surface area (Å²) in [5, 5.41) is 13.9. The van der Waals surface area contributed by atoms with Gasteiger partial charge >= 0.3 is 0 Å². The number of carbonyl (C=O) groups excluding carboxylic acids is 1. The van der Waals surface area contributed by atoms with Crippen LogP contribution in [0, 0.1) is 0 Å². The monoisotopic (exact) mass is 426 g/mol. The van der Waals surface area contributed by atoms with Crippen LogP contribution in [0.25, 0.3) is 0 Å². The van der Waals surface area contributed by atoms with Crippen LogP contribution in [0.3, 0.4) is 0 Å². The number of nitrogens with two attached hydrogens (primary N) is 2. The molecule has 1 aromatic carbocycles. The van der Waals surface area contributed by atoms with Crippen molar-refractivity contribution >= 4 is 23.4 Å². The van der Waals surface area contributed by atoms with Gasteiger partial charge in [-0.3, -0.25) is 4.79 Å². The standard InChI is InChI=1S/C23H34N6O2/c1-22(2,3)14-9-15(23(4,5)31)11-17(10-14)27-20-18(19(25)30)12-26-21(28-20)29-8-6-7-16(24)13-29/h9-12,16,31H,6-8,13,24H2,1-5H3,(H2,25,30)(H,26,27,28)/t16-/m0/s1. The summed E-state index contributed by atoms with van der Waals surface area (Å²) < 4.78 is 0. The molecule has 3 rings (SSSR count). The van der Waals surface area contributed by atoms with Crippen molar-refractivity contribution in [3.8, 4) is 0 Å². The Bertz CT molecular complexity index is 929. The summed E-state index contributed by atoms with van der Waals surface area (Å²) in [5.41, 5.74) is 13.3. The highest BCUT2D eigenvalue weighted by Gasteiger charge is 2.24. The molecule has 1 aliphatic heterocycles. The van der Waals surface area contributed by atoms with Gasteiger partial charge in [-0.15, -0.1) is 0 Å². The molecule has 0 radical (unpaired) electrons. The lowest BCUT2D eigenvalue weighted by Crippen LogP contribution is -2.43. The summed E-state index contributed by atoms with van der Waals surface area (Å²) in [6.07, 6.45) is 3.39. The molecule has 6 N–H and O–H groups in total. The lowest BCUT2D eigenvalue weighted by molar-refractivity contribution is 0.0785. The number of carbonyl (C=O) groups is 1. The number of nitrogens with zero attached hydrogens (tertiary/aromatic N) is 3. The fourth-order valence-corrected chi connectivity index (χ4v) is 3.61. The number of benzene rings is 1. The molecule has 1 amide bonds. The maximum atomic E-state index is 12.0. The summed E-state index contributed by atoms with van der Waals surface area (Å²) in [7, 11) is 0. The van der Waals surface area contributed by atoms with Gasteiger partial charge in [-0.25, -0.2) is 4.98 Å². The molecule has 0 spiro atoms. The molecule has 168 valence electrons. The second-order valence-corrected chi connectivity index (χ2v) is 9.88. The van der Waals surface area contributed by atoms with E-state index >= 15 is 0 Å². The minimum atomic E-state index is -1.02. The van der Waals surface area contributed by atoms with Crippen LogP contribution in [0.2, 0.25) is 0 Å². The second-order valence-electron chi connectivity index (χ2n) is 9.88. The van der Waals surface area contributed by atoms with Crippen molar-refractivity contribution < 1.29 is 9.90 Å². The highest BCUT2D eigenvalue weighted by molar-refractivity contribution is 5.98. The van der Waals surface area contributed by atoms with Gasteiger partial charge in [0.25, 0.3) is 5.91 Å². The summed E-state index contributed by atoms with van der Waals surface area (Å²) in [6.45, 7) is 11.3. The minimum absolute atomic E-state index is 0.0717. The predicted molar refractivity (Wildman–Crippen MR) is 124 cm³/mol. The highest BCUT2D eigenvalue weighted by atomic mass is 16.3. The number of rotatable bonds is 5. The number of primary amides is 1. The number of hydrogen-bond donors (Lipinski definition) is 4. The Balaban J connectivity index is 2.04. The molecule has 0 saturated carbocycles. The van der Waals surface area contributed by atoms with E-state index in [-0.39, 0.29) is 17.0 Å². The molecular weight excluding hydrogens is 392 g/mol. The summed E-state index contributed by atoms with van der Waals surface area (Å²) in [6, 6.07) is 5.93. The van der Waals surface area contributed by atoms with Crippen molar-refractivity contribution in [2.75, 3.05) is 23.3 Å². The van der Waals surface area contributed by atoms with E-state index in [0.29, 0.717) is 24.0 Å². The van der Waals surface area contributed by atoms with Crippen LogP contribution in [-0.2, 0) is 11.0 Å². The average Bonchev–Trinajstić information content (AvgIpc) is 2.66. The maximum absolute atomic E-state index is 12.0. The van der Waals surface area contributed by atoms with Crippen LogP contribution in [-0.4, -0.2) is 40.1 Å². The van der Waals surface area contributed by atoms with Crippen LogP contribution in [0.1, 0.15) is 68.9 Å². The Morgan fingerprint density at radius 1 is 1.19 bits per heavy atom. The lowest BCUT2D eigenvalue weighted by Gasteiger charge is -2.31. The molecule has 1 atom stereocenters. The zero-order valence-electron chi connectivity index (χ0n) is 19.1. The third kappa shape index (κ3) is 5.51. The van der Waals surface area contributed by atoms with E-state index in [4.69, 9.17) is 11.5 Å².